The van der Waals surface area contributed by atoms with Gasteiger partial charge >= 0.3 is 0 Å². The number of amides is 1. The second-order valence-electron chi connectivity index (χ2n) is 6.86. The molecule has 4 rings (SSSR count). The molecule has 0 unspecified atom stereocenters. The summed E-state index contributed by atoms with van der Waals surface area (Å²) in [7, 11) is 0. The van der Waals surface area contributed by atoms with Gasteiger partial charge in [0.25, 0.3) is 5.91 Å². The number of hydrazone groups is 1. The number of fused-ring (bicyclic) bond motifs is 1. The molecule has 4 aromatic rings. The molecule has 1 amide bonds. The standard InChI is InChI=1S/C23H20ClN5OS/c1-16(18-5-4-12-25-13-18)27-28-22(30)15-31-23-26-20-6-2-3-7-21(20)29(23)14-17-8-10-19(24)11-9-17/h2-13H,14-15H2,1H3,(H,28,30)/b27-16-. The lowest BCUT2D eigenvalue weighted by Crippen LogP contribution is -2.21. The highest BCUT2D eigenvalue weighted by Gasteiger charge is 2.13. The number of thioether (sulfide) groups is 1. The first-order chi connectivity index (χ1) is 15.1. The van der Waals surface area contributed by atoms with Gasteiger partial charge < -0.3 is 4.57 Å². The molecular formula is C23H20ClN5OS. The van der Waals surface area contributed by atoms with Crippen LogP contribution < -0.4 is 5.43 Å². The summed E-state index contributed by atoms with van der Waals surface area (Å²) in [6.45, 7) is 2.47. The number of hydrogen-bond donors (Lipinski definition) is 1. The van der Waals surface area contributed by atoms with E-state index in [9.17, 15) is 4.79 Å². The van der Waals surface area contributed by atoms with Gasteiger partial charge in [-0.1, -0.05) is 53.7 Å². The van der Waals surface area contributed by atoms with Crippen LogP contribution in [0.2, 0.25) is 5.02 Å². The summed E-state index contributed by atoms with van der Waals surface area (Å²) in [4.78, 5) is 21.1. The highest BCUT2D eigenvalue weighted by molar-refractivity contribution is 7.99. The van der Waals surface area contributed by atoms with Crippen LogP contribution in [0, 0.1) is 0 Å². The minimum absolute atomic E-state index is 0.196. The maximum atomic E-state index is 12.4. The lowest BCUT2D eigenvalue weighted by molar-refractivity contribution is -0.118. The molecule has 0 saturated heterocycles. The molecular weight excluding hydrogens is 430 g/mol. The van der Waals surface area contributed by atoms with Gasteiger partial charge in [0.05, 0.1) is 29.0 Å². The number of hydrogen-bond acceptors (Lipinski definition) is 5. The molecule has 0 saturated carbocycles. The lowest BCUT2D eigenvalue weighted by atomic mass is 10.2. The summed E-state index contributed by atoms with van der Waals surface area (Å²) in [5.41, 5.74) is 7.19. The summed E-state index contributed by atoms with van der Waals surface area (Å²) < 4.78 is 2.11. The van der Waals surface area contributed by atoms with E-state index >= 15 is 0 Å². The van der Waals surface area contributed by atoms with E-state index in [0.717, 1.165) is 27.3 Å². The summed E-state index contributed by atoms with van der Waals surface area (Å²) >= 11 is 7.40. The zero-order valence-corrected chi connectivity index (χ0v) is 18.4. The van der Waals surface area contributed by atoms with Gasteiger partial charge in [-0.2, -0.15) is 5.10 Å². The summed E-state index contributed by atoms with van der Waals surface area (Å²) in [6, 6.07) is 19.4. The van der Waals surface area contributed by atoms with Crippen LogP contribution >= 0.6 is 23.4 Å². The minimum Gasteiger partial charge on any atom is -0.314 e. The highest BCUT2D eigenvalue weighted by Crippen LogP contribution is 2.25. The van der Waals surface area contributed by atoms with Crippen LogP contribution in [0.4, 0.5) is 0 Å². The average molecular weight is 450 g/mol. The Morgan fingerprint density at radius 1 is 1.13 bits per heavy atom. The molecule has 8 heteroatoms. The van der Waals surface area contributed by atoms with Crippen LogP contribution in [-0.2, 0) is 11.3 Å². The number of carbonyl (C=O) groups excluding carboxylic acids is 1. The Morgan fingerprint density at radius 2 is 1.94 bits per heavy atom. The number of para-hydroxylation sites is 2. The Hall–Kier alpha value is -3.16. The van der Waals surface area contributed by atoms with Gasteiger partial charge in [-0.05, 0) is 42.8 Å². The van der Waals surface area contributed by atoms with Crippen LogP contribution in [0.15, 0.2) is 83.3 Å². The molecule has 2 heterocycles. The maximum Gasteiger partial charge on any atom is 0.250 e. The molecule has 0 atom stereocenters. The van der Waals surface area contributed by atoms with Crippen LogP contribution in [-0.4, -0.2) is 31.9 Å². The maximum absolute atomic E-state index is 12.4. The fraction of sp³-hybridized carbons (Fsp3) is 0.130. The fourth-order valence-electron chi connectivity index (χ4n) is 3.04. The molecule has 0 fully saturated rings. The van der Waals surface area contributed by atoms with E-state index in [1.54, 1.807) is 12.4 Å². The molecule has 31 heavy (non-hydrogen) atoms. The van der Waals surface area contributed by atoms with E-state index in [1.165, 1.54) is 11.8 Å². The Bertz CT molecular complexity index is 1220. The Morgan fingerprint density at radius 3 is 2.71 bits per heavy atom. The first-order valence-electron chi connectivity index (χ1n) is 9.66. The molecule has 0 aliphatic carbocycles. The van der Waals surface area contributed by atoms with Gasteiger partial charge in [-0.3, -0.25) is 9.78 Å². The van der Waals surface area contributed by atoms with Crippen molar-refractivity contribution in [2.24, 2.45) is 5.10 Å². The smallest absolute Gasteiger partial charge is 0.250 e. The van der Waals surface area contributed by atoms with Gasteiger partial charge in [-0.25, -0.2) is 10.4 Å². The Kier molecular flexibility index (Phi) is 6.64. The van der Waals surface area contributed by atoms with Gasteiger partial charge in [0.2, 0.25) is 0 Å². The van der Waals surface area contributed by atoms with Crippen molar-refractivity contribution in [3.63, 3.8) is 0 Å². The fourth-order valence-corrected chi connectivity index (χ4v) is 3.97. The third-order valence-corrected chi connectivity index (χ3v) is 5.86. The first-order valence-corrected chi connectivity index (χ1v) is 11.0. The van der Waals surface area contributed by atoms with Gasteiger partial charge in [0, 0.05) is 23.0 Å². The van der Waals surface area contributed by atoms with Crippen LogP contribution in [0.1, 0.15) is 18.1 Å². The second kappa shape index (κ2) is 9.76. The molecule has 156 valence electrons. The summed E-state index contributed by atoms with van der Waals surface area (Å²) in [6.07, 6.45) is 3.40. The van der Waals surface area contributed by atoms with Crippen molar-refractivity contribution < 1.29 is 4.79 Å². The van der Waals surface area contributed by atoms with Crippen LogP contribution in [0.3, 0.4) is 0 Å². The number of carbonyl (C=O) groups is 1. The van der Waals surface area contributed by atoms with Crippen molar-refractivity contribution in [2.75, 3.05) is 5.75 Å². The lowest BCUT2D eigenvalue weighted by Gasteiger charge is -2.09. The quantitative estimate of drug-likeness (QED) is 0.251. The topological polar surface area (TPSA) is 72.2 Å². The van der Waals surface area contributed by atoms with E-state index in [1.807, 2.05) is 67.6 Å². The van der Waals surface area contributed by atoms with Crippen LogP contribution in [0.25, 0.3) is 11.0 Å². The van der Waals surface area contributed by atoms with E-state index in [2.05, 4.69) is 20.1 Å². The van der Waals surface area contributed by atoms with Crippen LogP contribution in [0.5, 0.6) is 0 Å². The number of halogens is 1. The minimum atomic E-state index is -0.196. The van der Waals surface area contributed by atoms with Crippen molar-refractivity contribution in [3.8, 4) is 0 Å². The second-order valence-corrected chi connectivity index (χ2v) is 8.24. The van der Waals surface area contributed by atoms with E-state index in [4.69, 9.17) is 16.6 Å². The third kappa shape index (κ3) is 5.31. The zero-order chi connectivity index (χ0) is 21.6. The molecule has 1 N–H and O–H groups in total. The number of pyridine rings is 1. The number of rotatable bonds is 7. The highest BCUT2D eigenvalue weighted by atomic mass is 35.5. The predicted octanol–water partition coefficient (Wildman–Crippen LogP) is 4.77. The Labute approximate surface area is 189 Å². The monoisotopic (exact) mass is 449 g/mol. The largest absolute Gasteiger partial charge is 0.314 e. The molecule has 0 bridgehead atoms. The third-order valence-electron chi connectivity index (χ3n) is 4.63. The van der Waals surface area contributed by atoms with Crippen molar-refractivity contribution >= 4 is 46.0 Å². The normalized spacial score (nSPS) is 11.6. The van der Waals surface area contributed by atoms with Gasteiger partial charge in [-0.15, -0.1) is 0 Å². The number of benzene rings is 2. The Balaban J connectivity index is 1.47. The van der Waals surface area contributed by atoms with E-state index in [-0.39, 0.29) is 11.7 Å². The predicted molar refractivity (Wildman–Crippen MR) is 126 cm³/mol. The van der Waals surface area contributed by atoms with E-state index in [0.29, 0.717) is 17.3 Å². The first kappa shape index (κ1) is 21.1. The number of nitrogens with one attached hydrogen (secondary N) is 1. The molecule has 2 aromatic carbocycles. The molecule has 0 spiro atoms. The van der Waals surface area contributed by atoms with Gasteiger partial charge in [0.1, 0.15) is 0 Å². The van der Waals surface area contributed by atoms with Crippen molar-refractivity contribution in [1.29, 1.82) is 0 Å². The SMILES string of the molecule is C/C(=N/NC(=O)CSc1nc2ccccc2n1Cc1ccc(Cl)cc1)c1cccnc1. The van der Waals surface area contributed by atoms with Crippen molar-refractivity contribution in [2.45, 2.75) is 18.6 Å². The van der Waals surface area contributed by atoms with Crippen molar-refractivity contribution in [3.05, 3.63) is 89.2 Å². The number of imidazole rings is 1. The average Bonchev–Trinajstić information content (AvgIpc) is 3.15. The summed E-state index contributed by atoms with van der Waals surface area (Å²) in [5.74, 6) is 0.00616. The number of aromatic nitrogens is 3. The van der Waals surface area contributed by atoms with Crippen molar-refractivity contribution in [1.82, 2.24) is 20.0 Å². The molecule has 2 aromatic heterocycles. The number of nitrogens with zero attached hydrogens (tertiary/aromatic N) is 4. The molecule has 0 aliphatic heterocycles. The molecule has 0 aliphatic rings. The summed E-state index contributed by atoms with van der Waals surface area (Å²) in [5, 5.41) is 5.65. The van der Waals surface area contributed by atoms with E-state index < -0.39 is 0 Å². The zero-order valence-electron chi connectivity index (χ0n) is 16.8. The molecule has 0 radical (unpaired) electrons. The molecule has 6 nitrogen and oxygen atoms in total. The van der Waals surface area contributed by atoms with Gasteiger partial charge in [0.15, 0.2) is 5.16 Å².